The van der Waals surface area contributed by atoms with Crippen LogP contribution in [-0.2, 0) is 24.3 Å². The molecular weight excluding hydrogens is 468 g/mol. The Morgan fingerprint density at radius 2 is 1.88 bits per heavy atom. The van der Waals surface area contributed by atoms with Crippen LogP contribution in [0.1, 0.15) is 26.2 Å². The highest BCUT2D eigenvalue weighted by molar-refractivity contribution is 7.89. The van der Waals surface area contributed by atoms with Gasteiger partial charge < -0.3 is 10.1 Å². The van der Waals surface area contributed by atoms with E-state index in [9.17, 15) is 26.8 Å². The van der Waals surface area contributed by atoms with Crippen molar-refractivity contribution in [3.8, 4) is 0 Å². The van der Waals surface area contributed by atoms with Crippen molar-refractivity contribution in [1.29, 1.82) is 0 Å². The Hall–Kier alpha value is -2.89. The predicted molar refractivity (Wildman–Crippen MR) is 122 cm³/mol. The molecule has 0 bridgehead atoms. The number of anilines is 1. The van der Waals surface area contributed by atoms with E-state index >= 15 is 0 Å². The lowest BCUT2D eigenvalue weighted by Gasteiger charge is -2.31. The Labute approximate surface area is 197 Å². The summed E-state index contributed by atoms with van der Waals surface area (Å²) in [6.45, 7) is 1.90. The second kappa shape index (κ2) is 11.5. The van der Waals surface area contributed by atoms with E-state index < -0.39 is 46.1 Å². The Morgan fingerprint density at radius 3 is 2.50 bits per heavy atom. The third-order valence-corrected chi connectivity index (χ3v) is 6.84. The number of hydrogen-bond donors (Lipinski definition) is 2. The standard InChI is InChI=1S/C23H27F2N3O5S/c1-2-21(23(30)26-14-19-7-4-12-33-19)28(18-6-3-5-17(25)13-18)22(29)15-27-34(31,32)20-10-8-16(24)9-11-20/h3,5-6,8-11,13,19,21,27H,2,4,7,12,14-15H2,1H3,(H,26,30)/t19-,21-/m1/s1. The SMILES string of the molecule is CC[C@H](C(=O)NC[C@H]1CCCO1)N(C(=O)CNS(=O)(=O)c1ccc(F)cc1)c1cccc(F)c1. The van der Waals surface area contributed by atoms with Gasteiger partial charge in [0.15, 0.2) is 0 Å². The zero-order chi connectivity index (χ0) is 24.7. The minimum absolute atomic E-state index is 0.109. The summed E-state index contributed by atoms with van der Waals surface area (Å²) >= 11 is 0. The van der Waals surface area contributed by atoms with Crippen LogP contribution in [-0.4, -0.2) is 52.1 Å². The molecule has 2 N–H and O–H groups in total. The van der Waals surface area contributed by atoms with Crippen LogP contribution < -0.4 is 14.9 Å². The average molecular weight is 496 g/mol. The third kappa shape index (κ3) is 6.58. The Morgan fingerprint density at radius 1 is 1.15 bits per heavy atom. The van der Waals surface area contributed by atoms with Gasteiger partial charge in [-0.15, -0.1) is 0 Å². The molecule has 1 aliphatic heterocycles. The number of amides is 2. The van der Waals surface area contributed by atoms with Crippen LogP contribution in [0.3, 0.4) is 0 Å². The van der Waals surface area contributed by atoms with Crippen LogP contribution in [0.2, 0.25) is 0 Å². The van der Waals surface area contributed by atoms with E-state index in [1.54, 1.807) is 6.92 Å². The van der Waals surface area contributed by atoms with Crippen molar-refractivity contribution < 1.29 is 31.5 Å². The Balaban J connectivity index is 1.79. The molecule has 1 saturated heterocycles. The van der Waals surface area contributed by atoms with Gasteiger partial charge in [0.25, 0.3) is 0 Å². The lowest BCUT2D eigenvalue weighted by atomic mass is 10.1. The molecule has 2 aromatic carbocycles. The molecule has 2 atom stereocenters. The first-order chi connectivity index (χ1) is 16.2. The number of nitrogens with one attached hydrogen (secondary N) is 2. The first-order valence-corrected chi connectivity index (χ1v) is 12.4. The van der Waals surface area contributed by atoms with Crippen LogP contribution in [0.4, 0.5) is 14.5 Å². The lowest BCUT2D eigenvalue weighted by Crippen LogP contribution is -2.53. The Kier molecular flexibility index (Phi) is 8.70. The van der Waals surface area contributed by atoms with Crippen molar-refractivity contribution in [1.82, 2.24) is 10.0 Å². The van der Waals surface area contributed by atoms with Gasteiger partial charge >= 0.3 is 0 Å². The molecule has 1 aliphatic rings. The molecule has 2 aromatic rings. The number of carbonyl (C=O) groups excluding carboxylic acids is 2. The zero-order valence-electron chi connectivity index (χ0n) is 18.7. The first-order valence-electron chi connectivity index (χ1n) is 10.9. The molecule has 0 aliphatic carbocycles. The maximum atomic E-state index is 13.9. The van der Waals surface area contributed by atoms with E-state index in [0.717, 1.165) is 48.1 Å². The van der Waals surface area contributed by atoms with E-state index in [-0.39, 0.29) is 29.7 Å². The maximum absolute atomic E-state index is 13.9. The molecule has 34 heavy (non-hydrogen) atoms. The van der Waals surface area contributed by atoms with Crippen LogP contribution in [0.5, 0.6) is 0 Å². The minimum Gasteiger partial charge on any atom is -0.376 e. The third-order valence-electron chi connectivity index (χ3n) is 5.42. The number of hydrogen-bond acceptors (Lipinski definition) is 5. The topological polar surface area (TPSA) is 105 Å². The monoisotopic (exact) mass is 495 g/mol. The van der Waals surface area contributed by atoms with Gasteiger partial charge in [0.05, 0.1) is 17.5 Å². The summed E-state index contributed by atoms with van der Waals surface area (Å²) in [6, 6.07) is 8.26. The van der Waals surface area contributed by atoms with Gasteiger partial charge in [-0.2, -0.15) is 0 Å². The number of carbonyl (C=O) groups is 2. The molecule has 0 spiro atoms. The maximum Gasteiger partial charge on any atom is 0.243 e. The number of halogens is 2. The second-order valence-corrected chi connectivity index (χ2v) is 9.59. The Bertz CT molecular complexity index is 1110. The molecule has 8 nitrogen and oxygen atoms in total. The number of rotatable bonds is 10. The molecule has 0 unspecified atom stereocenters. The van der Waals surface area contributed by atoms with E-state index in [4.69, 9.17) is 4.74 Å². The molecule has 184 valence electrons. The van der Waals surface area contributed by atoms with E-state index in [2.05, 4.69) is 10.0 Å². The summed E-state index contributed by atoms with van der Waals surface area (Å²) in [6.07, 6.45) is 1.81. The van der Waals surface area contributed by atoms with E-state index in [1.807, 2.05) is 0 Å². The van der Waals surface area contributed by atoms with Crippen LogP contribution in [0.15, 0.2) is 53.4 Å². The molecular formula is C23H27F2N3O5S. The van der Waals surface area contributed by atoms with Crippen LogP contribution >= 0.6 is 0 Å². The summed E-state index contributed by atoms with van der Waals surface area (Å²) in [5.74, 6) is -2.43. The van der Waals surface area contributed by atoms with Crippen LogP contribution in [0.25, 0.3) is 0 Å². The molecule has 11 heteroatoms. The highest BCUT2D eigenvalue weighted by Crippen LogP contribution is 2.21. The largest absolute Gasteiger partial charge is 0.376 e. The molecule has 0 saturated carbocycles. The summed E-state index contributed by atoms with van der Waals surface area (Å²) in [5.41, 5.74) is 0.116. The number of ether oxygens (including phenoxy) is 1. The summed E-state index contributed by atoms with van der Waals surface area (Å²) < 4.78 is 59.8. The first kappa shape index (κ1) is 25.7. The zero-order valence-corrected chi connectivity index (χ0v) is 19.5. The van der Waals surface area contributed by atoms with Gasteiger partial charge in [-0.05, 0) is 61.7 Å². The van der Waals surface area contributed by atoms with Crippen molar-refractivity contribution in [2.45, 2.75) is 43.2 Å². The fourth-order valence-corrected chi connectivity index (χ4v) is 4.66. The number of benzene rings is 2. The molecule has 1 heterocycles. The lowest BCUT2D eigenvalue weighted by molar-refractivity contribution is -0.126. The smallest absolute Gasteiger partial charge is 0.243 e. The second-order valence-electron chi connectivity index (χ2n) is 7.83. The van der Waals surface area contributed by atoms with Gasteiger partial charge in [-0.25, -0.2) is 21.9 Å². The minimum atomic E-state index is -4.13. The van der Waals surface area contributed by atoms with Crippen molar-refractivity contribution in [3.05, 3.63) is 60.2 Å². The van der Waals surface area contributed by atoms with E-state index in [0.29, 0.717) is 6.61 Å². The van der Waals surface area contributed by atoms with Crippen LogP contribution in [0, 0.1) is 11.6 Å². The quantitative estimate of drug-likeness (QED) is 0.527. The van der Waals surface area contributed by atoms with Crippen molar-refractivity contribution in [3.63, 3.8) is 0 Å². The summed E-state index contributed by atoms with van der Waals surface area (Å²) in [4.78, 5) is 27.0. The molecule has 1 fully saturated rings. The highest BCUT2D eigenvalue weighted by Gasteiger charge is 2.31. The fourth-order valence-electron chi connectivity index (χ4n) is 3.69. The van der Waals surface area contributed by atoms with E-state index in [1.165, 1.54) is 18.2 Å². The summed E-state index contributed by atoms with van der Waals surface area (Å²) in [7, 11) is -4.13. The predicted octanol–water partition coefficient (Wildman–Crippen LogP) is 2.35. The number of nitrogens with zero attached hydrogens (tertiary/aromatic N) is 1. The van der Waals surface area contributed by atoms with Crippen molar-refractivity contribution in [2.75, 3.05) is 24.6 Å². The fraction of sp³-hybridized carbons (Fsp3) is 0.391. The highest BCUT2D eigenvalue weighted by atomic mass is 32.2. The van der Waals surface area contributed by atoms with Gasteiger partial charge in [0, 0.05) is 18.8 Å². The van der Waals surface area contributed by atoms with Gasteiger partial charge in [0.2, 0.25) is 21.8 Å². The van der Waals surface area contributed by atoms with Gasteiger partial charge in [-0.3, -0.25) is 14.5 Å². The molecule has 0 aromatic heterocycles. The number of sulfonamides is 1. The van der Waals surface area contributed by atoms with Crippen molar-refractivity contribution >= 4 is 27.5 Å². The van der Waals surface area contributed by atoms with Gasteiger partial charge in [-0.1, -0.05) is 13.0 Å². The van der Waals surface area contributed by atoms with Gasteiger partial charge in [0.1, 0.15) is 17.7 Å². The molecule has 2 amide bonds. The van der Waals surface area contributed by atoms with Crippen molar-refractivity contribution in [2.24, 2.45) is 0 Å². The normalized spacial score (nSPS) is 16.7. The molecule has 0 radical (unpaired) electrons. The average Bonchev–Trinajstić information content (AvgIpc) is 3.33. The molecule has 3 rings (SSSR count). The summed E-state index contributed by atoms with van der Waals surface area (Å²) in [5, 5.41) is 2.77.